The lowest BCUT2D eigenvalue weighted by molar-refractivity contribution is 0.499. The van der Waals surface area contributed by atoms with Crippen molar-refractivity contribution in [3.8, 4) is 0 Å². The summed E-state index contributed by atoms with van der Waals surface area (Å²) in [6.07, 6.45) is 7.22. The second-order valence-corrected chi connectivity index (χ2v) is 6.07. The van der Waals surface area contributed by atoms with Crippen LogP contribution in [0.25, 0.3) is 0 Å². The van der Waals surface area contributed by atoms with Crippen LogP contribution in [0.5, 0.6) is 0 Å². The second-order valence-electron chi connectivity index (χ2n) is 5.63. The number of hydrogen-bond acceptors (Lipinski definition) is 2. The lowest BCUT2D eigenvalue weighted by Gasteiger charge is -2.19. The van der Waals surface area contributed by atoms with Crippen molar-refractivity contribution in [2.24, 2.45) is 7.05 Å². The Morgan fingerprint density at radius 1 is 1.33 bits per heavy atom. The van der Waals surface area contributed by atoms with E-state index in [1.54, 1.807) is 0 Å². The van der Waals surface area contributed by atoms with E-state index in [4.69, 9.17) is 11.6 Å². The highest BCUT2D eigenvalue weighted by Crippen LogP contribution is 2.24. The Kier molecular flexibility index (Phi) is 5.83. The predicted octanol–water partition coefficient (Wildman–Crippen LogP) is 4.06. The Bertz CT molecular complexity index is 557. The van der Waals surface area contributed by atoms with Crippen molar-refractivity contribution in [1.82, 2.24) is 15.1 Å². The summed E-state index contributed by atoms with van der Waals surface area (Å²) >= 11 is 6.21. The van der Waals surface area contributed by atoms with Gasteiger partial charge >= 0.3 is 0 Å². The van der Waals surface area contributed by atoms with Crippen LogP contribution in [0.3, 0.4) is 0 Å². The molecule has 0 fully saturated rings. The van der Waals surface area contributed by atoms with Gasteiger partial charge in [0, 0.05) is 24.3 Å². The molecule has 0 saturated carbocycles. The Labute approximate surface area is 132 Å². The molecule has 0 spiro atoms. The fraction of sp³-hybridized carbons (Fsp3) is 0.471. The van der Waals surface area contributed by atoms with Crippen LogP contribution in [0.2, 0.25) is 5.02 Å². The quantitative estimate of drug-likeness (QED) is 0.836. The van der Waals surface area contributed by atoms with Gasteiger partial charge in [-0.1, -0.05) is 24.6 Å². The zero-order chi connectivity index (χ0) is 15.2. The number of benzene rings is 1. The van der Waals surface area contributed by atoms with E-state index in [0.717, 1.165) is 30.8 Å². The van der Waals surface area contributed by atoms with Crippen molar-refractivity contribution >= 4 is 11.6 Å². The molecule has 1 aromatic carbocycles. The van der Waals surface area contributed by atoms with E-state index < -0.39 is 0 Å². The topological polar surface area (TPSA) is 29.9 Å². The van der Waals surface area contributed by atoms with E-state index in [9.17, 15) is 0 Å². The lowest BCUT2D eigenvalue weighted by atomic mass is 9.98. The molecule has 0 aliphatic rings. The first kappa shape index (κ1) is 16.1. The summed E-state index contributed by atoms with van der Waals surface area (Å²) in [5, 5.41) is 8.68. The van der Waals surface area contributed by atoms with Crippen LogP contribution < -0.4 is 5.32 Å². The van der Waals surface area contributed by atoms with Gasteiger partial charge in [0.15, 0.2) is 0 Å². The fourth-order valence-electron chi connectivity index (χ4n) is 2.58. The summed E-state index contributed by atoms with van der Waals surface area (Å²) in [6.45, 7) is 5.30. The first-order valence-electron chi connectivity index (χ1n) is 7.56. The van der Waals surface area contributed by atoms with Gasteiger partial charge in [-0.2, -0.15) is 5.10 Å². The van der Waals surface area contributed by atoms with Crippen LogP contribution in [0.1, 0.15) is 42.5 Å². The van der Waals surface area contributed by atoms with Gasteiger partial charge in [-0.25, -0.2) is 0 Å². The summed E-state index contributed by atoms with van der Waals surface area (Å²) in [5.74, 6) is 0. The molecule has 0 bridgehead atoms. The van der Waals surface area contributed by atoms with Gasteiger partial charge in [0.05, 0.1) is 6.20 Å². The van der Waals surface area contributed by atoms with Crippen molar-refractivity contribution in [1.29, 1.82) is 0 Å². The van der Waals surface area contributed by atoms with Crippen LogP contribution >= 0.6 is 11.6 Å². The normalized spacial score (nSPS) is 12.6. The first-order chi connectivity index (χ1) is 10.1. The fourth-order valence-corrected chi connectivity index (χ4v) is 2.88. The number of rotatable bonds is 7. The molecular formula is C17H24ClN3. The van der Waals surface area contributed by atoms with Crippen molar-refractivity contribution in [2.75, 3.05) is 6.54 Å². The van der Waals surface area contributed by atoms with Crippen molar-refractivity contribution in [3.05, 3.63) is 52.3 Å². The van der Waals surface area contributed by atoms with E-state index in [2.05, 4.69) is 42.6 Å². The molecule has 114 valence electrons. The number of aromatic nitrogens is 2. The molecule has 2 aromatic rings. The van der Waals surface area contributed by atoms with E-state index in [0.29, 0.717) is 6.04 Å². The third-order valence-electron chi connectivity index (χ3n) is 3.59. The lowest BCUT2D eigenvalue weighted by Crippen LogP contribution is -2.22. The van der Waals surface area contributed by atoms with E-state index >= 15 is 0 Å². The number of nitrogens with one attached hydrogen (secondary N) is 1. The third-order valence-corrected chi connectivity index (χ3v) is 3.81. The maximum absolute atomic E-state index is 6.21. The van der Waals surface area contributed by atoms with Crippen LogP contribution in [-0.4, -0.2) is 16.3 Å². The summed E-state index contributed by atoms with van der Waals surface area (Å²) in [4.78, 5) is 0. The Hall–Kier alpha value is -1.32. The molecule has 2 rings (SSSR count). The molecular weight excluding hydrogens is 282 g/mol. The standard InChI is InChI=1S/C17H24ClN3/c1-4-7-19-17(6-5-14-11-20-21(3)12-14)15-8-13(2)9-16(18)10-15/h8-12,17,19H,4-7H2,1-3H3. The second kappa shape index (κ2) is 7.62. The molecule has 0 amide bonds. The van der Waals surface area contributed by atoms with Crippen LogP contribution in [-0.2, 0) is 13.5 Å². The van der Waals surface area contributed by atoms with E-state index in [1.165, 1.54) is 16.7 Å². The van der Waals surface area contributed by atoms with Gasteiger partial charge in [0.25, 0.3) is 0 Å². The van der Waals surface area contributed by atoms with Gasteiger partial charge in [0.2, 0.25) is 0 Å². The molecule has 1 heterocycles. The first-order valence-corrected chi connectivity index (χ1v) is 7.94. The third kappa shape index (κ3) is 4.87. The summed E-state index contributed by atoms with van der Waals surface area (Å²) < 4.78 is 1.85. The number of aryl methyl sites for hydroxylation is 3. The van der Waals surface area contributed by atoms with Crippen molar-refractivity contribution < 1.29 is 0 Å². The number of halogens is 1. The Morgan fingerprint density at radius 2 is 2.14 bits per heavy atom. The largest absolute Gasteiger partial charge is 0.310 e. The van der Waals surface area contributed by atoms with Crippen molar-refractivity contribution in [3.63, 3.8) is 0 Å². The highest BCUT2D eigenvalue weighted by atomic mass is 35.5. The molecule has 1 N–H and O–H groups in total. The zero-order valence-corrected chi connectivity index (χ0v) is 13.8. The van der Waals surface area contributed by atoms with Gasteiger partial charge in [-0.05, 0) is 61.6 Å². The Balaban J connectivity index is 2.09. The van der Waals surface area contributed by atoms with Crippen LogP contribution in [0, 0.1) is 6.92 Å². The maximum Gasteiger partial charge on any atom is 0.0521 e. The smallest absolute Gasteiger partial charge is 0.0521 e. The predicted molar refractivity (Wildman–Crippen MR) is 88.8 cm³/mol. The summed E-state index contributed by atoms with van der Waals surface area (Å²) in [6, 6.07) is 6.64. The van der Waals surface area contributed by atoms with Gasteiger partial charge in [-0.15, -0.1) is 0 Å². The molecule has 0 radical (unpaired) electrons. The van der Waals surface area contributed by atoms with E-state index in [1.807, 2.05) is 24.0 Å². The number of hydrogen-bond donors (Lipinski definition) is 1. The minimum Gasteiger partial charge on any atom is -0.310 e. The molecule has 1 aromatic heterocycles. The average molecular weight is 306 g/mol. The summed E-state index contributed by atoms with van der Waals surface area (Å²) in [5.41, 5.74) is 3.76. The van der Waals surface area contributed by atoms with Crippen molar-refractivity contribution in [2.45, 2.75) is 39.2 Å². The molecule has 4 heteroatoms. The molecule has 0 aliphatic heterocycles. The molecule has 3 nitrogen and oxygen atoms in total. The molecule has 1 atom stereocenters. The minimum absolute atomic E-state index is 0.336. The average Bonchev–Trinajstić information content (AvgIpc) is 2.83. The summed E-state index contributed by atoms with van der Waals surface area (Å²) in [7, 11) is 1.96. The molecule has 21 heavy (non-hydrogen) atoms. The highest BCUT2D eigenvalue weighted by Gasteiger charge is 2.12. The molecule has 0 aliphatic carbocycles. The van der Waals surface area contributed by atoms with E-state index in [-0.39, 0.29) is 0 Å². The number of nitrogens with zero attached hydrogens (tertiary/aromatic N) is 2. The SMILES string of the molecule is CCCNC(CCc1cnn(C)c1)c1cc(C)cc(Cl)c1. The zero-order valence-electron chi connectivity index (χ0n) is 13.1. The minimum atomic E-state index is 0.336. The Morgan fingerprint density at radius 3 is 2.76 bits per heavy atom. The highest BCUT2D eigenvalue weighted by molar-refractivity contribution is 6.30. The molecule has 1 unspecified atom stereocenters. The molecule has 0 saturated heterocycles. The monoisotopic (exact) mass is 305 g/mol. The maximum atomic E-state index is 6.21. The van der Waals surface area contributed by atoms with Gasteiger partial charge < -0.3 is 5.32 Å². The van der Waals surface area contributed by atoms with Gasteiger partial charge in [-0.3, -0.25) is 4.68 Å². The van der Waals surface area contributed by atoms with Crippen LogP contribution in [0.4, 0.5) is 0 Å². The van der Waals surface area contributed by atoms with Gasteiger partial charge in [0.1, 0.15) is 0 Å². The van der Waals surface area contributed by atoms with Crippen LogP contribution in [0.15, 0.2) is 30.6 Å².